The summed E-state index contributed by atoms with van der Waals surface area (Å²) in [6.07, 6.45) is 2.75. The van der Waals surface area contributed by atoms with E-state index in [1.165, 1.54) is 24.5 Å². The number of aromatic carboxylic acids is 1. The van der Waals surface area contributed by atoms with Crippen LogP contribution in [0.5, 0.6) is 0 Å². The fourth-order valence-corrected chi connectivity index (χ4v) is 1.33. The molecule has 1 aromatic carbocycles. The van der Waals surface area contributed by atoms with Gasteiger partial charge in [-0.3, -0.25) is 0 Å². The van der Waals surface area contributed by atoms with Crippen molar-refractivity contribution in [2.75, 3.05) is 5.32 Å². The molecule has 2 N–H and O–H groups in total. The largest absolute Gasteiger partial charge is 0.478 e. The molecule has 0 atom stereocenters. The van der Waals surface area contributed by atoms with Crippen LogP contribution >= 0.6 is 0 Å². The first-order valence-corrected chi connectivity index (χ1v) is 5.01. The predicted octanol–water partition coefficient (Wildman–Crippen LogP) is 1.79. The Kier molecular flexibility index (Phi) is 3.16. The standard InChI is InChI=1S/C12H8N4O2/c13-5-10-6-15-11(7-14-10)16-9-3-1-2-8(4-9)12(17)18/h1-4,6-7H,(H,15,16)(H,17,18). The Labute approximate surface area is 103 Å². The number of nitrogens with zero attached hydrogens (tertiary/aromatic N) is 3. The third kappa shape index (κ3) is 2.59. The first kappa shape index (κ1) is 11.5. The van der Waals surface area contributed by atoms with Crippen LogP contribution in [0.1, 0.15) is 16.1 Å². The van der Waals surface area contributed by atoms with Crippen molar-refractivity contribution >= 4 is 17.5 Å². The van der Waals surface area contributed by atoms with E-state index in [1.54, 1.807) is 12.1 Å². The molecular weight excluding hydrogens is 232 g/mol. The van der Waals surface area contributed by atoms with Gasteiger partial charge in [-0.1, -0.05) is 6.07 Å². The second kappa shape index (κ2) is 4.93. The highest BCUT2D eigenvalue weighted by Gasteiger charge is 2.04. The van der Waals surface area contributed by atoms with Crippen LogP contribution < -0.4 is 5.32 Å². The Morgan fingerprint density at radius 3 is 2.78 bits per heavy atom. The van der Waals surface area contributed by atoms with Crippen LogP contribution in [0.15, 0.2) is 36.7 Å². The van der Waals surface area contributed by atoms with Crippen molar-refractivity contribution in [3.8, 4) is 6.07 Å². The van der Waals surface area contributed by atoms with Gasteiger partial charge in [0.25, 0.3) is 0 Å². The third-order valence-corrected chi connectivity index (χ3v) is 2.15. The minimum atomic E-state index is -0.996. The van der Waals surface area contributed by atoms with E-state index in [1.807, 2.05) is 6.07 Å². The molecule has 1 heterocycles. The van der Waals surface area contributed by atoms with E-state index in [0.29, 0.717) is 11.5 Å². The van der Waals surface area contributed by atoms with Crippen molar-refractivity contribution in [2.24, 2.45) is 0 Å². The van der Waals surface area contributed by atoms with E-state index in [2.05, 4.69) is 15.3 Å². The maximum absolute atomic E-state index is 10.8. The predicted molar refractivity (Wildman–Crippen MR) is 63.4 cm³/mol. The van der Waals surface area contributed by atoms with Crippen molar-refractivity contribution in [1.82, 2.24) is 9.97 Å². The molecule has 0 amide bonds. The highest BCUT2D eigenvalue weighted by molar-refractivity contribution is 5.89. The van der Waals surface area contributed by atoms with Crippen molar-refractivity contribution in [2.45, 2.75) is 0 Å². The molecule has 0 unspecified atom stereocenters. The summed E-state index contributed by atoms with van der Waals surface area (Å²) in [6.45, 7) is 0. The smallest absolute Gasteiger partial charge is 0.335 e. The zero-order chi connectivity index (χ0) is 13.0. The Morgan fingerprint density at radius 2 is 2.17 bits per heavy atom. The molecule has 2 aromatic rings. The minimum absolute atomic E-state index is 0.182. The van der Waals surface area contributed by atoms with Crippen LogP contribution in [0.4, 0.5) is 11.5 Å². The number of nitriles is 1. The molecule has 18 heavy (non-hydrogen) atoms. The molecule has 0 aliphatic rings. The summed E-state index contributed by atoms with van der Waals surface area (Å²) < 4.78 is 0. The number of carbonyl (C=O) groups is 1. The van der Waals surface area contributed by atoms with E-state index < -0.39 is 5.97 Å². The lowest BCUT2D eigenvalue weighted by atomic mass is 10.2. The molecule has 1 aromatic heterocycles. The van der Waals surface area contributed by atoms with Crippen molar-refractivity contribution in [3.05, 3.63) is 47.9 Å². The van der Waals surface area contributed by atoms with E-state index in [0.717, 1.165) is 0 Å². The van der Waals surface area contributed by atoms with E-state index >= 15 is 0 Å². The van der Waals surface area contributed by atoms with Gasteiger partial charge in [0.1, 0.15) is 11.9 Å². The molecular formula is C12H8N4O2. The van der Waals surface area contributed by atoms with Gasteiger partial charge < -0.3 is 10.4 Å². The fraction of sp³-hybridized carbons (Fsp3) is 0. The molecule has 0 fully saturated rings. The number of nitrogens with one attached hydrogen (secondary N) is 1. The Bertz CT molecular complexity index is 617. The average Bonchev–Trinajstić information content (AvgIpc) is 2.40. The quantitative estimate of drug-likeness (QED) is 0.848. The second-order valence-corrected chi connectivity index (χ2v) is 3.41. The molecule has 0 spiro atoms. The number of aromatic nitrogens is 2. The Morgan fingerprint density at radius 1 is 1.33 bits per heavy atom. The lowest BCUT2D eigenvalue weighted by Crippen LogP contribution is -1.99. The number of carboxylic acid groups (broad SMARTS) is 1. The van der Waals surface area contributed by atoms with Crippen LogP contribution in [-0.2, 0) is 0 Å². The molecule has 2 rings (SSSR count). The van der Waals surface area contributed by atoms with E-state index in [4.69, 9.17) is 10.4 Å². The summed E-state index contributed by atoms with van der Waals surface area (Å²) in [5.74, 6) is -0.555. The SMILES string of the molecule is N#Cc1cnc(Nc2cccc(C(=O)O)c2)cn1. The molecule has 0 radical (unpaired) electrons. The first-order chi connectivity index (χ1) is 8.69. The monoisotopic (exact) mass is 240 g/mol. The summed E-state index contributed by atoms with van der Waals surface area (Å²) >= 11 is 0. The molecule has 0 saturated heterocycles. The summed E-state index contributed by atoms with van der Waals surface area (Å²) in [6, 6.07) is 8.19. The lowest BCUT2D eigenvalue weighted by Gasteiger charge is -2.05. The van der Waals surface area contributed by atoms with Crippen molar-refractivity contribution in [3.63, 3.8) is 0 Å². The lowest BCUT2D eigenvalue weighted by molar-refractivity contribution is 0.0697. The molecule has 6 heteroatoms. The number of hydrogen-bond acceptors (Lipinski definition) is 5. The van der Waals surface area contributed by atoms with Crippen LogP contribution in [-0.4, -0.2) is 21.0 Å². The van der Waals surface area contributed by atoms with Gasteiger partial charge in [0, 0.05) is 5.69 Å². The zero-order valence-electron chi connectivity index (χ0n) is 9.16. The van der Waals surface area contributed by atoms with Gasteiger partial charge >= 0.3 is 5.97 Å². The van der Waals surface area contributed by atoms with Crippen LogP contribution in [0.25, 0.3) is 0 Å². The van der Waals surface area contributed by atoms with Gasteiger partial charge in [-0.15, -0.1) is 0 Å². The molecule has 88 valence electrons. The van der Waals surface area contributed by atoms with Gasteiger partial charge in [-0.2, -0.15) is 5.26 Å². The molecule has 6 nitrogen and oxygen atoms in total. The second-order valence-electron chi connectivity index (χ2n) is 3.41. The third-order valence-electron chi connectivity index (χ3n) is 2.15. The maximum Gasteiger partial charge on any atom is 0.335 e. The van der Waals surface area contributed by atoms with Crippen molar-refractivity contribution in [1.29, 1.82) is 5.26 Å². The first-order valence-electron chi connectivity index (χ1n) is 5.01. The normalized spacial score (nSPS) is 9.50. The zero-order valence-corrected chi connectivity index (χ0v) is 9.16. The van der Waals surface area contributed by atoms with Crippen LogP contribution in [0, 0.1) is 11.3 Å². The number of anilines is 2. The Hall–Kier alpha value is -2.94. The highest BCUT2D eigenvalue weighted by Crippen LogP contribution is 2.15. The molecule has 0 aliphatic heterocycles. The number of benzene rings is 1. The number of rotatable bonds is 3. The number of hydrogen-bond donors (Lipinski definition) is 2. The summed E-state index contributed by atoms with van der Waals surface area (Å²) in [4.78, 5) is 18.6. The highest BCUT2D eigenvalue weighted by atomic mass is 16.4. The van der Waals surface area contributed by atoms with E-state index in [-0.39, 0.29) is 11.3 Å². The van der Waals surface area contributed by atoms with Crippen molar-refractivity contribution < 1.29 is 9.90 Å². The summed E-state index contributed by atoms with van der Waals surface area (Å²) in [7, 11) is 0. The van der Waals surface area contributed by atoms with Gasteiger partial charge in [-0.25, -0.2) is 14.8 Å². The van der Waals surface area contributed by atoms with Gasteiger partial charge in [-0.05, 0) is 18.2 Å². The topological polar surface area (TPSA) is 98.9 Å². The fourth-order valence-electron chi connectivity index (χ4n) is 1.33. The van der Waals surface area contributed by atoms with E-state index in [9.17, 15) is 4.79 Å². The average molecular weight is 240 g/mol. The van der Waals surface area contributed by atoms with Gasteiger partial charge in [0.2, 0.25) is 0 Å². The van der Waals surface area contributed by atoms with Gasteiger partial charge in [0.05, 0.1) is 18.0 Å². The summed E-state index contributed by atoms with van der Waals surface area (Å²) in [5.41, 5.74) is 0.996. The molecule has 0 saturated carbocycles. The summed E-state index contributed by atoms with van der Waals surface area (Å²) in [5, 5.41) is 20.3. The molecule has 0 bridgehead atoms. The van der Waals surface area contributed by atoms with Crippen LogP contribution in [0.3, 0.4) is 0 Å². The van der Waals surface area contributed by atoms with Crippen LogP contribution in [0.2, 0.25) is 0 Å². The van der Waals surface area contributed by atoms with Gasteiger partial charge in [0.15, 0.2) is 5.69 Å². The molecule has 0 aliphatic carbocycles. The maximum atomic E-state index is 10.8. The Balaban J connectivity index is 2.20. The minimum Gasteiger partial charge on any atom is -0.478 e. The number of carboxylic acids is 1.